The lowest BCUT2D eigenvalue weighted by Gasteiger charge is -2.28. The molecule has 0 bridgehead atoms. The molecule has 0 atom stereocenters. The average molecular weight is 505 g/mol. The molecule has 1 saturated carbocycles. The van der Waals surface area contributed by atoms with Gasteiger partial charge >= 0.3 is 0 Å². The summed E-state index contributed by atoms with van der Waals surface area (Å²) in [4.78, 5) is 45.4. The van der Waals surface area contributed by atoms with Gasteiger partial charge in [0.15, 0.2) is 0 Å². The third-order valence-electron chi connectivity index (χ3n) is 7.69. The second-order valence-electron chi connectivity index (χ2n) is 10.2. The van der Waals surface area contributed by atoms with Gasteiger partial charge in [0.05, 0.1) is 5.56 Å². The van der Waals surface area contributed by atoms with Gasteiger partial charge in [-0.05, 0) is 70.4 Å². The normalized spacial score (nSPS) is 16.4. The van der Waals surface area contributed by atoms with E-state index in [0.717, 1.165) is 49.9 Å². The number of amides is 3. The molecule has 1 aliphatic carbocycles. The summed E-state index contributed by atoms with van der Waals surface area (Å²) in [6.45, 7) is 9.87. The Morgan fingerprint density at radius 2 is 1.59 bits per heavy atom. The Labute approximate surface area is 220 Å². The SMILES string of the molecule is CCN(CC)C(=O)c1cc(NC(=O)C2CCCC2)ccc1N1CCCN(C(=O)c2ccc(C)cc2)CC1. The summed E-state index contributed by atoms with van der Waals surface area (Å²) in [5, 5.41) is 3.06. The average Bonchev–Trinajstić information content (AvgIpc) is 3.35. The second-order valence-corrected chi connectivity index (χ2v) is 10.2. The highest BCUT2D eigenvalue weighted by Gasteiger charge is 2.26. The molecule has 0 spiro atoms. The maximum atomic E-state index is 13.6. The van der Waals surface area contributed by atoms with Crippen molar-refractivity contribution >= 4 is 29.1 Å². The summed E-state index contributed by atoms with van der Waals surface area (Å²) in [5.74, 6) is 0.121. The fraction of sp³-hybridized carbons (Fsp3) is 0.500. The minimum atomic E-state index is -0.0335. The highest BCUT2D eigenvalue weighted by Crippen LogP contribution is 2.30. The van der Waals surface area contributed by atoms with Crippen LogP contribution >= 0.6 is 0 Å². The lowest BCUT2D eigenvalue weighted by atomic mass is 10.1. The molecular formula is C30H40N4O3. The minimum Gasteiger partial charge on any atom is -0.369 e. The van der Waals surface area contributed by atoms with Crippen LogP contribution in [0.1, 0.15) is 72.2 Å². The van der Waals surface area contributed by atoms with Crippen molar-refractivity contribution in [2.24, 2.45) is 5.92 Å². The minimum absolute atomic E-state index is 0.0335. The third kappa shape index (κ3) is 6.32. The number of carbonyl (C=O) groups is 3. The number of aryl methyl sites for hydroxylation is 1. The molecule has 1 heterocycles. The number of benzene rings is 2. The predicted octanol–water partition coefficient (Wildman–Crippen LogP) is 4.96. The zero-order valence-corrected chi connectivity index (χ0v) is 22.5. The number of nitrogens with one attached hydrogen (secondary N) is 1. The molecule has 198 valence electrons. The topological polar surface area (TPSA) is 73.0 Å². The van der Waals surface area contributed by atoms with E-state index >= 15 is 0 Å². The molecule has 1 saturated heterocycles. The molecule has 3 amide bonds. The smallest absolute Gasteiger partial charge is 0.256 e. The maximum Gasteiger partial charge on any atom is 0.256 e. The lowest BCUT2D eigenvalue weighted by molar-refractivity contribution is -0.119. The Bertz CT molecular complexity index is 1100. The number of nitrogens with zero attached hydrogens (tertiary/aromatic N) is 3. The highest BCUT2D eigenvalue weighted by atomic mass is 16.2. The van der Waals surface area contributed by atoms with E-state index in [-0.39, 0.29) is 23.6 Å². The van der Waals surface area contributed by atoms with E-state index in [2.05, 4.69) is 10.2 Å². The van der Waals surface area contributed by atoms with Gasteiger partial charge in [0.25, 0.3) is 11.8 Å². The van der Waals surface area contributed by atoms with Crippen LogP contribution in [0.5, 0.6) is 0 Å². The summed E-state index contributed by atoms with van der Waals surface area (Å²) < 4.78 is 0. The molecule has 1 N–H and O–H groups in total. The van der Waals surface area contributed by atoms with Crippen molar-refractivity contribution in [2.45, 2.75) is 52.9 Å². The van der Waals surface area contributed by atoms with Gasteiger partial charge in [0, 0.05) is 62.1 Å². The van der Waals surface area contributed by atoms with Gasteiger partial charge < -0.3 is 20.0 Å². The molecule has 0 aromatic heterocycles. The quantitative estimate of drug-likeness (QED) is 0.579. The molecule has 7 heteroatoms. The van der Waals surface area contributed by atoms with Crippen LogP contribution in [0.3, 0.4) is 0 Å². The molecule has 2 aliphatic rings. The number of hydrogen-bond donors (Lipinski definition) is 1. The van der Waals surface area contributed by atoms with E-state index in [1.54, 1.807) is 0 Å². The maximum absolute atomic E-state index is 13.6. The predicted molar refractivity (Wildman–Crippen MR) is 148 cm³/mol. The first-order chi connectivity index (χ1) is 17.9. The fourth-order valence-corrected chi connectivity index (χ4v) is 5.41. The summed E-state index contributed by atoms with van der Waals surface area (Å²) in [5.41, 5.74) is 3.97. The first kappa shape index (κ1) is 26.7. The summed E-state index contributed by atoms with van der Waals surface area (Å²) in [6.07, 6.45) is 4.88. The van der Waals surface area contributed by atoms with Gasteiger partial charge in [0.2, 0.25) is 5.91 Å². The van der Waals surface area contributed by atoms with Gasteiger partial charge in [-0.25, -0.2) is 0 Å². The summed E-state index contributed by atoms with van der Waals surface area (Å²) >= 11 is 0. The monoisotopic (exact) mass is 504 g/mol. The Kier molecular flexibility index (Phi) is 8.85. The van der Waals surface area contributed by atoms with Gasteiger partial charge in [-0.15, -0.1) is 0 Å². The standard InChI is InChI=1S/C30H40N4O3/c1-4-32(5-2)30(37)26-21-25(31-28(35)23-9-6-7-10-23)15-16-27(26)33-17-8-18-34(20-19-33)29(36)24-13-11-22(3)12-14-24/h11-16,21,23H,4-10,17-20H2,1-3H3,(H,31,35). The van der Waals surface area contributed by atoms with Crippen LogP contribution < -0.4 is 10.2 Å². The fourth-order valence-electron chi connectivity index (χ4n) is 5.41. The zero-order chi connectivity index (χ0) is 26.4. The van der Waals surface area contributed by atoms with Crippen molar-refractivity contribution in [3.05, 3.63) is 59.2 Å². The summed E-state index contributed by atoms with van der Waals surface area (Å²) in [7, 11) is 0. The Hall–Kier alpha value is -3.35. The van der Waals surface area contributed by atoms with E-state index in [4.69, 9.17) is 0 Å². The van der Waals surface area contributed by atoms with E-state index in [0.29, 0.717) is 49.5 Å². The number of rotatable bonds is 7. The lowest BCUT2D eigenvalue weighted by Crippen LogP contribution is -2.36. The van der Waals surface area contributed by atoms with E-state index in [1.165, 1.54) is 0 Å². The largest absolute Gasteiger partial charge is 0.369 e. The van der Waals surface area contributed by atoms with Crippen LogP contribution in [-0.4, -0.2) is 66.8 Å². The van der Waals surface area contributed by atoms with Gasteiger partial charge in [-0.3, -0.25) is 14.4 Å². The Balaban J connectivity index is 1.54. The van der Waals surface area contributed by atoms with E-state index in [1.807, 2.05) is 73.0 Å². The zero-order valence-electron chi connectivity index (χ0n) is 22.5. The molecule has 0 radical (unpaired) electrons. The van der Waals surface area contributed by atoms with Crippen molar-refractivity contribution in [2.75, 3.05) is 49.5 Å². The molecule has 2 aromatic rings. The molecule has 1 aliphatic heterocycles. The van der Waals surface area contributed by atoms with Crippen LogP contribution in [0.4, 0.5) is 11.4 Å². The van der Waals surface area contributed by atoms with Crippen molar-refractivity contribution in [3.63, 3.8) is 0 Å². The Morgan fingerprint density at radius 3 is 2.27 bits per heavy atom. The summed E-state index contributed by atoms with van der Waals surface area (Å²) in [6, 6.07) is 13.4. The van der Waals surface area contributed by atoms with Crippen molar-refractivity contribution in [1.29, 1.82) is 0 Å². The van der Waals surface area contributed by atoms with E-state index in [9.17, 15) is 14.4 Å². The number of anilines is 2. The second kappa shape index (κ2) is 12.3. The molecule has 2 aromatic carbocycles. The van der Waals surface area contributed by atoms with Crippen LogP contribution in [0, 0.1) is 12.8 Å². The molecule has 7 nitrogen and oxygen atoms in total. The van der Waals surface area contributed by atoms with Crippen molar-refractivity contribution in [3.8, 4) is 0 Å². The van der Waals surface area contributed by atoms with Gasteiger partial charge in [-0.2, -0.15) is 0 Å². The first-order valence-electron chi connectivity index (χ1n) is 13.8. The number of carbonyl (C=O) groups excluding carboxylic acids is 3. The Morgan fingerprint density at radius 1 is 0.892 bits per heavy atom. The van der Waals surface area contributed by atoms with Gasteiger partial charge in [0.1, 0.15) is 0 Å². The van der Waals surface area contributed by atoms with Crippen LogP contribution in [0.15, 0.2) is 42.5 Å². The van der Waals surface area contributed by atoms with E-state index < -0.39 is 0 Å². The number of hydrogen-bond acceptors (Lipinski definition) is 4. The van der Waals surface area contributed by atoms with Crippen LogP contribution in [0.25, 0.3) is 0 Å². The highest BCUT2D eigenvalue weighted by molar-refractivity contribution is 6.02. The molecule has 4 rings (SSSR count). The van der Waals surface area contributed by atoms with Crippen LogP contribution in [0.2, 0.25) is 0 Å². The van der Waals surface area contributed by atoms with Crippen LogP contribution in [-0.2, 0) is 4.79 Å². The molecule has 0 unspecified atom stereocenters. The molecular weight excluding hydrogens is 464 g/mol. The third-order valence-corrected chi connectivity index (χ3v) is 7.69. The first-order valence-corrected chi connectivity index (χ1v) is 13.8. The van der Waals surface area contributed by atoms with Gasteiger partial charge in [-0.1, -0.05) is 30.5 Å². The molecule has 37 heavy (non-hydrogen) atoms. The van der Waals surface area contributed by atoms with Crippen molar-refractivity contribution < 1.29 is 14.4 Å². The van der Waals surface area contributed by atoms with Crippen molar-refractivity contribution in [1.82, 2.24) is 9.80 Å². The molecule has 2 fully saturated rings.